The highest BCUT2D eigenvalue weighted by Gasteiger charge is 2.22. The maximum absolute atomic E-state index is 12.6. The van der Waals surface area contributed by atoms with Gasteiger partial charge in [-0.15, -0.1) is 0 Å². The summed E-state index contributed by atoms with van der Waals surface area (Å²) in [6, 6.07) is 11.0. The largest absolute Gasteiger partial charge is 0.350 e. The van der Waals surface area contributed by atoms with Gasteiger partial charge in [-0.25, -0.2) is 0 Å². The molecule has 1 aliphatic rings. The van der Waals surface area contributed by atoms with E-state index < -0.39 is 0 Å². The summed E-state index contributed by atoms with van der Waals surface area (Å²) in [5.41, 5.74) is 1.90. The van der Waals surface area contributed by atoms with Gasteiger partial charge in [-0.05, 0) is 45.3 Å². The summed E-state index contributed by atoms with van der Waals surface area (Å²) < 4.78 is 1.82. The number of hydrogen-bond donors (Lipinski definition) is 1. The first-order valence-electron chi connectivity index (χ1n) is 9.76. The van der Waals surface area contributed by atoms with E-state index in [0.717, 1.165) is 13.1 Å². The van der Waals surface area contributed by atoms with Crippen molar-refractivity contribution in [2.24, 2.45) is 0 Å². The number of nitrogens with one attached hydrogen (secondary N) is 1. The Morgan fingerprint density at radius 1 is 1.12 bits per heavy atom. The van der Waals surface area contributed by atoms with E-state index in [4.69, 9.17) is 0 Å². The van der Waals surface area contributed by atoms with Crippen LogP contribution in [0.15, 0.2) is 42.7 Å². The van der Waals surface area contributed by atoms with Crippen molar-refractivity contribution in [3.8, 4) is 0 Å². The molecule has 1 aliphatic heterocycles. The first-order valence-corrected chi connectivity index (χ1v) is 9.76. The van der Waals surface area contributed by atoms with Crippen molar-refractivity contribution in [1.82, 2.24) is 20.0 Å². The Morgan fingerprint density at radius 3 is 2.42 bits per heavy atom. The van der Waals surface area contributed by atoms with Crippen molar-refractivity contribution < 1.29 is 4.79 Å². The number of likely N-dealkylation sites (tertiary alicyclic amines) is 1. The second kappa shape index (κ2) is 8.99. The number of amides is 1. The van der Waals surface area contributed by atoms with Crippen LogP contribution in [0.4, 0.5) is 0 Å². The van der Waals surface area contributed by atoms with Gasteiger partial charge in [0.05, 0.1) is 17.8 Å². The fraction of sp³-hybridized carbons (Fsp3) is 0.524. The quantitative estimate of drug-likeness (QED) is 0.858. The molecule has 1 amide bonds. The van der Waals surface area contributed by atoms with Crippen LogP contribution in [0.5, 0.6) is 0 Å². The third-order valence-electron chi connectivity index (χ3n) is 5.11. The summed E-state index contributed by atoms with van der Waals surface area (Å²) in [5.74, 6) is -0.0485. The van der Waals surface area contributed by atoms with Gasteiger partial charge in [0, 0.05) is 18.8 Å². The van der Waals surface area contributed by atoms with Gasteiger partial charge in [0.2, 0.25) is 0 Å². The normalized spacial score (nSPS) is 17.0. The average molecular weight is 354 g/mol. The van der Waals surface area contributed by atoms with Crippen LogP contribution < -0.4 is 5.32 Å². The molecule has 1 N–H and O–H groups in total. The number of aromatic nitrogens is 2. The molecule has 2 heterocycles. The van der Waals surface area contributed by atoms with Gasteiger partial charge in [0.1, 0.15) is 0 Å². The van der Waals surface area contributed by atoms with Gasteiger partial charge in [0.15, 0.2) is 0 Å². The summed E-state index contributed by atoms with van der Waals surface area (Å²) in [6.07, 6.45) is 8.55. The summed E-state index contributed by atoms with van der Waals surface area (Å²) in [7, 11) is 0. The first-order chi connectivity index (χ1) is 12.6. The van der Waals surface area contributed by atoms with Crippen molar-refractivity contribution in [1.29, 1.82) is 0 Å². The van der Waals surface area contributed by atoms with Crippen LogP contribution in [-0.2, 0) is 0 Å². The van der Waals surface area contributed by atoms with Gasteiger partial charge in [0.25, 0.3) is 5.91 Å². The van der Waals surface area contributed by atoms with Crippen LogP contribution in [0.25, 0.3) is 0 Å². The van der Waals surface area contributed by atoms with Crippen molar-refractivity contribution >= 4 is 5.91 Å². The van der Waals surface area contributed by atoms with Crippen molar-refractivity contribution in [3.05, 3.63) is 53.9 Å². The van der Waals surface area contributed by atoms with Crippen molar-refractivity contribution in [3.63, 3.8) is 0 Å². The standard InChI is InChI=1S/C21H30N4O/c1-17(2)25-16-19(14-23-25)21(26)22-15-20(18-10-6-5-7-11-18)24-12-8-3-4-9-13-24/h5-7,10-11,14,16-17,20H,3-4,8-9,12-13,15H2,1-2H3,(H,22,26)/t20-/m0/s1. The lowest BCUT2D eigenvalue weighted by atomic mass is 10.0. The zero-order chi connectivity index (χ0) is 18.4. The molecular weight excluding hydrogens is 324 g/mol. The van der Waals surface area contributed by atoms with Gasteiger partial charge < -0.3 is 5.32 Å². The van der Waals surface area contributed by atoms with Gasteiger partial charge >= 0.3 is 0 Å². The monoisotopic (exact) mass is 354 g/mol. The minimum Gasteiger partial charge on any atom is -0.350 e. The summed E-state index contributed by atoms with van der Waals surface area (Å²) in [5, 5.41) is 7.40. The number of carbonyl (C=O) groups excluding carboxylic acids is 1. The summed E-state index contributed by atoms with van der Waals surface area (Å²) in [4.78, 5) is 15.1. The first kappa shape index (κ1) is 18.6. The predicted octanol–water partition coefficient (Wildman–Crippen LogP) is 3.81. The topological polar surface area (TPSA) is 50.2 Å². The molecule has 1 fully saturated rings. The summed E-state index contributed by atoms with van der Waals surface area (Å²) in [6.45, 7) is 6.93. The van der Waals surface area contributed by atoms with E-state index in [1.54, 1.807) is 6.20 Å². The molecule has 5 nitrogen and oxygen atoms in total. The second-order valence-electron chi connectivity index (χ2n) is 7.39. The Morgan fingerprint density at radius 2 is 1.81 bits per heavy atom. The zero-order valence-electron chi connectivity index (χ0n) is 15.9. The number of benzene rings is 1. The molecule has 140 valence electrons. The lowest BCUT2D eigenvalue weighted by Gasteiger charge is -2.31. The highest BCUT2D eigenvalue weighted by atomic mass is 16.1. The second-order valence-corrected chi connectivity index (χ2v) is 7.39. The van der Waals surface area contributed by atoms with Crippen LogP contribution in [0.2, 0.25) is 0 Å². The van der Waals surface area contributed by atoms with E-state index >= 15 is 0 Å². The molecule has 0 saturated carbocycles. The zero-order valence-corrected chi connectivity index (χ0v) is 15.9. The molecule has 2 aromatic rings. The van der Waals surface area contributed by atoms with Gasteiger partial charge in [-0.2, -0.15) is 5.10 Å². The van der Waals surface area contributed by atoms with E-state index in [-0.39, 0.29) is 18.0 Å². The van der Waals surface area contributed by atoms with Crippen molar-refractivity contribution in [2.75, 3.05) is 19.6 Å². The molecule has 0 unspecified atom stereocenters. The summed E-state index contributed by atoms with van der Waals surface area (Å²) >= 11 is 0. The van der Waals surface area contributed by atoms with Crippen LogP contribution in [0.3, 0.4) is 0 Å². The molecule has 1 aromatic heterocycles. The van der Waals surface area contributed by atoms with E-state index in [2.05, 4.69) is 53.4 Å². The molecule has 0 radical (unpaired) electrons. The van der Waals surface area contributed by atoms with Gasteiger partial charge in [-0.3, -0.25) is 14.4 Å². The van der Waals surface area contributed by atoms with Gasteiger partial charge in [-0.1, -0.05) is 43.2 Å². The molecule has 26 heavy (non-hydrogen) atoms. The number of rotatable bonds is 6. The fourth-order valence-electron chi connectivity index (χ4n) is 3.57. The van der Waals surface area contributed by atoms with E-state index in [1.165, 1.54) is 31.2 Å². The molecule has 0 spiro atoms. The Kier molecular flexibility index (Phi) is 6.45. The minimum atomic E-state index is -0.0485. The third kappa shape index (κ3) is 4.73. The lowest BCUT2D eigenvalue weighted by molar-refractivity contribution is 0.0933. The third-order valence-corrected chi connectivity index (χ3v) is 5.11. The van der Waals surface area contributed by atoms with E-state index in [9.17, 15) is 4.79 Å². The predicted molar refractivity (Wildman–Crippen MR) is 104 cm³/mol. The maximum Gasteiger partial charge on any atom is 0.254 e. The molecular formula is C21H30N4O. The number of nitrogens with zero attached hydrogens (tertiary/aromatic N) is 3. The van der Waals surface area contributed by atoms with Crippen LogP contribution >= 0.6 is 0 Å². The maximum atomic E-state index is 12.6. The van der Waals surface area contributed by atoms with Crippen LogP contribution in [0, 0.1) is 0 Å². The fourth-order valence-corrected chi connectivity index (χ4v) is 3.57. The van der Waals surface area contributed by atoms with E-state index in [0.29, 0.717) is 12.1 Å². The molecule has 0 aliphatic carbocycles. The molecule has 0 bridgehead atoms. The van der Waals surface area contributed by atoms with Crippen molar-refractivity contribution in [2.45, 2.75) is 51.6 Å². The number of carbonyl (C=O) groups is 1. The molecule has 3 rings (SSSR count). The minimum absolute atomic E-state index is 0.0485. The Bertz CT molecular complexity index is 687. The Balaban J connectivity index is 1.69. The number of hydrogen-bond acceptors (Lipinski definition) is 3. The molecule has 5 heteroatoms. The smallest absolute Gasteiger partial charge is 0.254 e. The Labute approximate surface area is 156 Å². The van der Waals surface area contributed by atoms with E-state index in [1.807, 2.05) is 16.9 Å². The highest BCUT2D eigenvalue weighted by molar-refractivity contribution is 5.93. The molecule has 1 aromatic carbocycles. The molecule has 1 saturated heterocycles. The van der Waals surface area contributed by atoms with Crippen LogP contribution in [0.1, 0.15) is 67.5 Å². The highest BCUT2D eigenvalue weighted by Crippen LogP contribution is 2.23. The lowest BCUT2D eigenvalue weighted by Crippen LogP contribution is -2.38. The SMILES string of the molecule is CC(C)n1cc(C(=O)NC[C@@H](c2ccccc2)N2CCCCCC2)cn1. The Hall–Kier alpha value is -2.14. The van der Waals surface area contributed by atoms with Crippen LogP contribution in [-0.4, -0.2) is 40.2 Å². The molecule has 1 atom stereocenters. The average Bonchev–Trinajstić information content (AvgIpc) is 3.01.